The van der Waals surface area contributed by atoms with Crippen LogP contribution in [-0.4, -0.2) is 0 Å². The van der Waals surface area contributed by atoms with Crippen molar-refractivity contribution in [1.29, 1.82) is 5.26 Å². The van der Waals surface area contributed by atoms with E-state index in [0.717, 1.165) is 31.2 Å². The van der Waals surface area contributed by atoms with Crippen molar-refractivity contribution in [2.45, 2.75) is 39.5 Å². The molecule has 18 heavy (non-hydrogen) atoms. The lowest BCUT2D eigenvalue weighted by Crippen LogP contribution is -2.17. The van der Waals surface area contributed by atoms with E-state index in [1.165, 1.54) is 16.7 Å². The minimum atomic E-state index is 0.293. The first-order chi connectivity index (χ1) is 8.60. The van der Waals surface area contributed by atoms with Crippen LogP contribution in [0.15, 0.2) is 29.2 Å². The predicted octanol–water partition coefficient (Wildman–Crippen LogP) is 4.28. The molecule has 0 heterocycles. The van der Waals surface area contributed by atoms with E-state index in [1.54, 1.807) is 0 Å². The maximum Gasteiger partial charge on any atom is 0.0991 e. The molecule has 1 aliphatic rings. The number of hydrogen-bond acceptors (Lipinski definition) is 2. The van der Waals surface area contributed by atoms with E-state index >= 15 is 0 Å². The lowest BCUT2D eigenvalue weighted by molar-refractivity contribution is 0.340. The quantitative estimate of drug-likeness (QED) is 0.803. The first-order valence-corrected chi connectivity index (χ1v) is 6.96. The molecule has 1 nitrogen and oxygen atoms in total. The molecule has 0 saturated carbocycles. The summed E-state index contributed by atoms with van der Waals surface area (Å²) in [6, 6.07) is 8.33. The number of rotatable bonds is 3. The van der Waals surface area contributed by atoms with Crippen LogP contribution in [0.1, 0.15) is 43.4 Å². The Hall–Kier alpha value is -1.20. The van der Waals surface area contributed by atoms with Gasteiger partial charge in [0.25, 0.3) is 0 Å². The van der Waals surface area contributed by atoms with Crippen LogP contribution < -0.4 is 0 Å². The second kappa shape index (κ2) is 5.20. The highest BCUT2D eigenvalue weighted by atomic mass is 32.1. The van der Waals surface area contributed by atoms with E-state index < -0.39 is 0 Å². The van der Waals surface area contributed by atoms with Crippen molar-refractivity contribution in [3.05, 3.63) is 45.9 Å². The van der Waals surface area contributed by atoms with Crippen LogP contribution in [0.2, 0.25) is 0 Å². The zero-order valence-electron chi connectivity index (χ0n) is 11.0. The highest BCUT2D eigenvalue weighted by molar-refractivity contribution is 7.83. The molecule has 1 unspecified atom stereocenters. The van der Waals surface area contributed by atoms with Crippen molar-refractivity contribution in [3.8, 4) is 6.07 Å². The summed E-state index contributed by atoms with van der Waals surface area (Å²) in [5.74, 6) is 0. The van der Waals surface area contributed by atoms with Gasteiger partial charge in [-0.3, -0.25) is 0 Å². The smallest absolute Gasteiger partial charge is 0.0991 e. The average Bonchev–Trinajstić information content (AvgIpc) is 2.71. The lowest BCUT2D eigenvalue weighted by Gasteiger charge is -2.24. The van der Waals surface area contributed by atoms with Crippen LogP contribution in [-0.2, 0) is 12.8 Å². The van der Waals surface area contributed by atoms with Gasteiger partial charge in [-0.1, -0.05) is 25.5 Å². The van der Waals surface area contributed by atoms with Crippen LogP contribution >= 0.6 is 12.6 Å². The molecule has 0 N–H and O–H groups in total. The maximum atomic E-state index is 8.95. The van der Waals surface area contributed by atoms with Gasteiger partial charge in [0.15, 0.2) is 0 Å². The van der Waals surface area contributed by atoms with E-state index in [2.05, 4.69) is 44.7 Å². The second-order valence-electron chi connectivity index (χ2n) is 5.58. The molecule has 0 aromatic heterocycles. The summed E-state index contributed by atoms with van der Waals surface area (Å²) in [6.45, 7) is 4.52. The third kappa shape index (κ3) is 2.62. The molecule has 0 bridgehead atoms. The molecular formula is C16H19NS. The Morgan fingerprint density at radius 1 is 1.44 bits per heavy atom. The number of nitrogens with zero attached hydrogens (tertiary/aromatic N) is 1. The molecule has 0 spiro atoms. The summed E-state index contributed by atoms with van der Waals surface area (Å²) in [4.78, 5) is 0. The van der Waals surface area contributed by atoms with Crippen molar-refractivity contribution < 1.29 is 0 Å². The molecular weight excluding hydrogens is 238 g/mol. The Bertz CT molecular complexity index is 524. The van der Waals surface area contributed by atoms with Crippen molar-refractivity contribution in [1.82, 2.24) is 0 Å². The lowest BCUT2D eigenvalue weighted by atomic mass is 9.80. The molecule has 1 aliphatic carbocycles. The second-order valence-corrected chi connectivity index (χ2v) is 5.84. The normalized spacial score (nSPS) is 22.7. The van der Waals surface area contributed by atoms with E-state index in [0.29, 0.717) is 5.41 Å². The average molecular weight is 257 g/mol. The Morgan fingerprint density at radius 2 is 2.17 bits per heavy atom. The summed E-state index contributed by atoms with van der Waals surface area (Å²) in [6.07, 6.45) is 4.35. The van der Waals surface area contributed by atoms with Gasteiger partial charge < -0.3 is 0 Å². The fourth-order valence-corrected chi connectivity index (χ4v) is 3.22. The van der Waals surface area contributed by atoms with Gasteiger partial charge in [-0.2, -0.15) is 17.9 Å². The number of allylic oxidation sites excluding steroid dienone is 1. The highest BCUT2D eigenvalue weighted by Crippen LogP contribution is 2.42. The summed E-state index contributed by atoms with van der Waals surface area (Å²) < 4.78 is 0. The summed E-state index contributed by atoms with van der Waals surface area (Å²) in [5.41, 5.74) is 5.24. The summed E-state index contributed by atoms with van der Waals surface area (Å²) in [7, 11) is 0. The minimum absolute atomic E-state index is 0.293. The molecule has 1 atom stereocenters. The van der Waals surface area contributed by atoms with Crippen LogP contribution in [0.25, 0.3) is 0 Å². The Labute approximate surface area is 115 Å². The molecule has 94 valence electrons. The van der Waals surface area contributed by atoms with Crippen LogP contribution in [0.3, 0.4) is 0 Å². The molecule has 1 aromatic carbocycles. The van der Waals surface area contributed by atoms with Gasteiger partial charge in [-0.05, 0) is 59.8 Å². The van der Waals surface area contributed by atoms with E-state index in [-0.39, 0.29) is 0 Å². The molecule has 0 fully saturated rings. The van der Waals surface area contributed by atoms with Crippen molar-refractivity contribution >= 4 is 12.6 Å². The number of fused-ring (bicyclic) bond motifs is 1. The standard InChI is InChI=1S/C16H19NS/c1-3-12(11-18)7-16(2)8-14-5-4-13(10-17)6-15(14)9-16/h4-6,11,18H,3,7-9H2,1-2H3/b12-11+. The van der Waals surface area contributed by atoms with E-state index in [4.69, 9.17) is 5.26 Å². The number of thiol groups is 1. The largest absolute Gasteiger partial charge is 0.192 e. The monoisotopic (exact) mass is 257 g/mol. The van der Waals surface area contributed by atoms with Crippen LogP contribution in [0.4, 0.5) is 0 Å². The fourth-order valence-electron chi connectivity index (χ4n) is 2.95. The number of hydrogen-bond donors (Lipinski definition) is 1. The van der Waals surface area contributed by atoms with Crippen molar-refractivity contribution in [2.24, 2.45) is 5.41 Å². The summed E-state index contributed by atoms with van der Waals surface area (Å²) >= 11 is 4.29. The molecule has 0 amide bonds. The Kier molecular flexibility index (Phi) is 3.82. The fraction of sp³-hybridized carbons (Fsp3) is 0.438. The number of nitriles is 1. The molecule has 1 aromatic rings. The first-order valence-electron chi connectivity index (χ1n) is 6.44. The van der Waals surface area contributed by atoms with Gasteiger partial charge in [0.2, 0.25) is 0 Å². The van der Waals surface area contributed by atoms with Gasteiger partial charge in [0.05, 0.1) is 11.6 Å². The van der Waals surface area contributed by atoms with Crippen LogP contribution in [0, 0.1) is 16.7 Å². The predicted molar refractivity (Wildman–Crippen MR) is 78.6 cm³/mol. The zero-order chi connectivity index (χ0) is 13.2. The maximum absolute atomic E-state index is 8.95. The van der Waals surface area contributed by atoms with Gasteiger partial charge in [0, 0.05) is 0 Å². The highest BCUT2D eigenvalue weighted by Gasteiger charge is 2.33. The topological polar surface area (TPSA) is 23.8 Å². The molecule has 2 heteroatoms. The van der Waals surface area contributed by atoms with Gasteiger partial charge >= 0.3 is 0 Å². The molecule has 0 aliphatic heterocycles. The van der Waals surface area contributed by atoms with E-state index in [9.17, 15) is 0 Å². The molecule has 0 saturated heterocycles. The molecule has 2 rings (SSSR count). The van der Waals surface area contributed by atoms with Gasteiger partial charge in [0.1, 0.15) is 0 Å². The zero-order valence-corrected chi connectivity index (χ0v) is 11.9. The first kappa shape index (κ1) is 13.2. The summed E-state index contributed by atoms with van der Waals surface area (Å²) in [5, 5.41) is 10.9. The Morgan fingerprint density at radius 3 is 2.78 bits per heavy atom. The van der Waals surface area contributed by atoms with Gasteiger partial charge in [-0.15, -0.1) is 0 Å². The van der Waals surface area contributed by atoms with Crippen molar-refractivity contribution in [2.75, 3.05) is 0 Å². The van der Waals surface area contributed by atoms with Crippen LogP contribution in [0.5, 0.6) is 0 Å². The van der Waals surface area contributed by atoms with E-state index in [1.807, 2.05) is 11.5 Å². The SMILES string of the molecule is CC/C(=C\S)CC1(C)Cc2ccc(C#N)cc2C1. The molecule has 0 radical (unpaired) electrons. The number of benzene rings is 1. The Balaban J connectivity index is 2.20. The third-order valence-electron chi connectivity index (χ3n) is 3.86. The van der Waals surface area contributed by atoms with Crippen molar-refractivity contribution in [3.63, 3.8) is 0 Å². The third-order valence-corrected chi connectivity index (χ3v) is 4.23. The minimum Gasteiger partial charge on any atom is -0.192 e. The van der Waals surface area contributed by atoms with Gasteiger partial charge in [-0.25, -0.2) is 0 Å².